The molecule has 0 aliphatic heterocycles. The Morgan fingerprint density at radius 1 is 1.12 bits per heavy atom. The van der Waals surface area contributed by atoms with Crippen LogP contribution in [0.5, 0.6) is 17.2 Å². The van der Waals surface area contributed by atoms with E-state index in [-0.39, 0.29) is 46.7 Å². The molecule has 0 amide bonds. The van der Waals surface area contributed by atoms with Crippen molar-refractivity contribution in [2.75, 3.05) is 13.2 Å². The third-order valence-electron chi connectivity index (χ3n) is 3.89. The fourth-order valence-electron chi connectivity index (χ4n) is 2.60. The van der Waals surface area contributed by atoms with Gasteiger partial charge in [0.15, 0.2) is 0 Å². The maximum absolute atomic E-state index is 12.6. The molecule has 3 aromatic rings. The van der Waals surface area contributed by atoms with Crippen LogP contribution in [0.4, 0.5) is 0 Å². The summed E-state index contributed by atoms with van der Waals surface area (Å²) < 4.78 is 11.2. The molecule has 0 aliphatic rings. The molecule has 0 saturated carbocycles. The lowest BCUT2D eigenvalue weighted by Crippen LogP contribution is -2.04. The van der Waals surface area contributed by atoms with Crippen LogP contribution in [0.3, 0.4) is 0 Å². The minimum Gasteiger partial charge on any atom is -0.507 e. The van der Waals surface area contributed by atoms with Crippen molar-refractivity contribution in [3.8, 4) is 17.2 Å². The lowest BCUT2D eigenvalue weighted by Gasteiger charge is -2.09. The Labute approximate surface area is 143 Å². The number of aliphatic hydroxyl groups excluding tert-OH is 1. The number of hydrogen-bond donors (Lipinski definition) is 3. The molecule has 0 unspecified atom stereocenters. The molecule has 1 heterocycles. The van der Waals surface area contributed by atoms with Crippen LogP contribution in [-0.4, -0.2) is 28.5 Å². The second-order valence-corrected chi connectivity index (χ2v) is 5.92. The normalized spacial score (nSPS) is 12.0. The fourth-order valence-corrected chi connectivity index (χ4v) is 2.60. The predicted octanol–water partition coefficient (Wildman–Crippen LogP) is 2.98. The van der Waals surface area contributed by atoms with Gasteiger partial charge in [-0.2, -0.15) is 0 Å². The number of aliphatic hydroxyl groups is 1. The highest BCUT2D eigenvalue weighted by molar-refractivity contribution is 5.96. The maximum Gasteiger partial charge on any atom is 0.208 e. The van der Waals surface area contributed by atoms with Crippen molar-refractivity contribution >= 4 is 21.9 Å². The van der Waals surface area contributed by atoms with Crippen molar-refractivity contribution in [2.24, 2.45) is 0 Å². The number of rotatable bonds is 4. The Morgan fingerprint density at radius 3 is 2.44 bits per heavy atom. The molecule has 6 nitrogen and oxygen atoms in total. The number of aromatic hydroxyl groups is 2. The van der Waals surface area contributed by atoms with Gasteiger partial charge in [-0.3, -0.25) is 4.79 Å². The number of fused-ring (bicyclic) bond motifs is 2. The molecule has 3 rings (SSSR count). The molecule has 25 heavy (non-hydrogen) atoms. The Bertz CT molecular complexity index is 1050. The summed E-state index contributed by atoms with van der Waals surface area (Å²) in [7, 11) is 0. The highest BCUT2D eigenvalue weighted by Gasteiger charge is 2.16. The van der Waals surface area contributed by atoms with Gasteiger partial charge in [0.1, 0.15) is 45.8 Å². The summed E-state index contributed by atoms with van der Waals surface area (Å²) in [6, 6.07) is 5.94. The predicted molar refractivity (Wildman–Crippen MR) is 94.4 cm³/mol. The van der Waals surface area contributed by atoms with Gasteiger partial charge in [-0.05, 0) is 43.2 Å². The SMILES string of the molecule is C/C(=C\COc1cc(O)c2c(=O)c3c(O)cc(C)cc3oc2c1)CO. The molecular weight excluding hydrogens is 324 g/mol. The van der Waals surface area contributed by atoms with Crippen molar-refractivity contribution < 1.29 is 24.5 Å². The fraction of sp³-hybridized carbons (Fsp3) is 0.211. The van der Waals surface area contributed by atoms with Gasteiger partial charge in [0, 0.05) is 12.1 Å². The van der Waals surface area contributed by atoms with E-state index in [1.54, 1.807) is 26.0 Å². The topological polar surface area (TPSA) is 100 Å². The standard InChI is InChI=1S/C19H18O6/c1-10(9-20)3-4-24-12-7-14(22)18-16(8-12)25-15-6-11(2)5-13(21)17(15)19(18)23/h3,5-8,20-22H,4,9H2,1-2H3/b10-3+. The van der Waals surface area contributed by atoms with E-state index < -0.39 is 5.43 Å². The molecule has 3 N–H and O–H groups in total. The molecule has 0 aliphatic carbocycles. The van der Waals surface area contributed by atoms with Crippen LogP contribution in [0, 0.1) is 6.92 Å². The van der Waals surface area contributed by atoms with E-state index in [0.717, 1.165) is 11.1 Å². The van der Waals surface area contributed by atoms with Crippen LogP contribution < -0.4 is 10.2 Å². The van der Waals surface area contributed by atoms with Gasteiger partial charge < -0.3 is 24.5 Å². The molecule has 0 bridgehead atoms. The smallest absolute Gasteiger partial charge is 0.208 e. The van der Waals surface area contributed by atoms with Crippen LogP contribution >= 0.6 is 0 Å². The molecule has 0 saturated heterocycles. The molecular formula is C19H18O6. The molecule has 0 spiro atoms. The highest BCUT2D eigenvalue weighted by Crippen LogP contribution is 2.33. The molecule has 6 heteroatoms. The van der Waals surface area contributed by atoms with Crippen molar-refractivity contribution in [1.29, 1.82) is 0 Å². The first-order valence-corrected chi connectivity index (χ1v) is 7.73. The van der Waals surface area contributed by atoms with Crippen LogP contribution in [0.25, 0.3) is 21.9 Å². The second-order valence-electron chi connectivity index (χ2n) is 5.92. The first-order chi connectivity index (χ1) is 11.9. The number of phenols is 2. The summed E-state index contributed by atoms with van der Waals surface area (Å²) in [4.78, 5) is 12.6. The minimum absolute atomic E-state index is 0.0129. The van der Waals surface area contributed by atoms with Gasteiger partial charge in [0.25, 0.3) is 0 Å². The van der Waals surface area contributed by atoms with Crippen molar-refractivity contribution in [2.45, 2.75) is 13.8 Å². The zero-order valence-corrected chi connectivity index (χ0v) is 13.9. The summed E-state index contributed by atoms with van der Waals surface area (Å²) >= 11 is 0. The van der Waals surface area contributed by atoms with Crippen LogP contribution in [0.2, 0.25) is 0 Å². The molecule has 1 aromatic heterocycles. The first kappa shape index (κ1) is 16.9. The minimum atomic E-state index is -0.506. The zero-order valence-electron chi connectivity index (χ0n) is 13.9. The van der Waals surface area contributed by atoms with Gasteiger partial charge in [-0.25, -0.2) is 0 Å². The Hall–Kier alpha value is -2.99. The summed E-state index contributed by atoms with van der Waals surface area (Å²) in [5.74, 6) is -0.146. The van der Waals surface area contributed by atoms with E-state index in [4.69, 9.17) is 14.3 Å². The van der Waals surface area contributed by atoms with Gasteiger partial charge in [-0.1, -0.05) is 0 Å². The number of aryl methyl sites for hydroxylation is 1. The van der Waals surface area contributed by atoms with E-state index in [0.29, 0.717) is 5.75 Å². The highest BCUT2D eigenvalue weighted by atomic mass is 16.5. The van der Waals surface area contributed by atoms with Gasteiger partial charge >= 0.3 is 0 Å². The molecule has 0 atom stereocenters. The van der Waals surface area contributed by atoms with Crippen LogP contribution in [0.15, 0.2) is 45.1 Å². The van der Waals surface area contributed by atoms with Crippen LogP contribution in [-0.2, 0) is 0 Å². The van der Waals surface area contributed by atoms with Crippen LogP contribution in [0.1, 0.15) is 12.5 Å². The van der Waals surface area contributed by atoms with Crippen molar-refractivity contribution in [3.63, 3.8) is 0 Å². The molecule has 0 fully saturated rings. The lowest BCUT2D eigenvalue weighted by atomic mass is 10.1. The largest absolute Gasteiger partial charge is 0.507 e. The number of ether oxygens (including phenoxy) is 1. The van der Waals surface area contributed by atoms with Gasteiger partial charge in [-0.15, -0.1) is 0 Å². The lowest BCUT2D eigenvalue weighted by molar-refractivity contribution is 0.324. The molecule has 2 aromatic carbocycles. The quantitative estimate of drug-likeness (QED) is 0.498. The molecule has 130 valence electrons. The van der Waals surface area contributed by atoms with E-state index in [9.17, 15) is 15.0 Å². The second kappa shape index (κ2) is 6.49. The average Bonchev–Trinajstić information content (AvgIpc) is 2.53. The monoisotopic (exact) mass is 342 g/mol. The third kappa shape index (κ3) is 3.16. The van der Waals surface area contributed by atoms with E-state index >= 15 is 0 Å². The summed E-state index contributed by atoms with van der Waals surface area (Å²) in [5.41, 5.74) is 1.40. The maximum atomic E-state index is 12.6. The number of phenolic OH excluding ortho intramolecular Hbond substituents is 2. The Kier molecular flexibility index (Phi) is 4.37. The third-order valence-corrected chi connectivity index (χ3v) is 3.89. The number of hydrogen-bond acceptors (Lipinski definition) is 6. The van der Waals surface area contributed by atoms with Gasteiger partial charge in [0.2, 0.25) is 5.43 Å². The van der Waals surface area contributed by atoms with E-state index in [1.165, 1.54) is 18.2 Å². The zero-order chi connectivity index (χ0) is 18.1. The Morgan fingerprint density at radius 2 is 1.76 bits per heavy atom. The number of benzene rings is 2. The van der Waals surface area contributed by atoms with E-state index in [1.807, 2.05) is 0 Å². The summed E-state index contributed by atoms with van der Waals surface area (Å²) in [5, 5.41) is 29.2. The summed E-state index contributed by atoms with van der Waals surface area (Å²) in [6.45, 7) is 3.68. The summed E-state index contributed by atoms with van der Waals surface area (Å²) in [6.07, 6.45) is 1.71. The molecule has 0 radical (unpaired) electrons. The van der Waals surface area contributed by atoms with Gasteiger partial charge in [0.05, 0.1) is 6.61 Å². The van der Waals surface area contributed by atoms with Crippen molar-refractivity contribution in [3.05, 3.63) is 51.7 Å². The average molecular weight is 342 g/mol. The first-order valence-electron chi connectivity index (χ1n) is 7.73. The van der Waals surface area contributed by atoms with Crippen molar-refractivity contribution in [1.82, 2.24) is 0 Å². The van der Waals surface area contributed by atoms with E-state index in [2.05, 4.69) is 0 Å². The Balaban J connectivity index is 2.14.